The second-order valence-electron chi connectivity index (χ2n) is 7.79. The van der Waals surface area contributed by atoms with E-state index in [4.69, 9.17) is 16.7 Å². The number of rotatable bonds is 7. The zero-order valence-corrected chi connectivity index (χ0v) is 20.2. The van der Waals surface area contributed by atoms with Crippen molar-refractivity contribution in [2.75, 3.05) is 10.6 Å². The first-order valence-electron chi connectivity index (χ1n) is 10.7. The fourth-order valence-corrected chi connectivity index (χ4v) is 4.43. The Morgan fingerprint density at radius 3 is 2.23 bits per heavy atom. The first-order chi connectivity index (χ1) is 16.8. The monoisotopic (exact) mass is 504 g/mol. The molecule has 0 aliphatic heterocycles. The molecule has 1 atom stereocenters. The maximum atomic E-state index is 12.7. The maximum Gasteiger partial charge on any atom is 0.335 e. The number of hydrogen-bond acceptors (Lipinski definition) is 4. The highest BCUT2D eigenvalue weighted by Gasteiger charge is 2.17. The summed E-state index contributed by atoms with van der Waals surface area (Å²) in [4.78, 5) is 37.3. The Bertz CT molecular complexity index is 1420. The minimum Gasteiger partial charge on any atom is -0.478 e. The lowest BCUT2D eigenvalue weighted by Gasteiger charge is -2.14. The molecule has 4 rings (SSSR count). The minimum absolute atomic E-state index is 0.0336. The number of thioether (sulfide) groups is 1. The van der Waals surface area contributed by atoms with Crippen molar-refractivity contribution in [3.8, 4) is 0 Å². The molecule has 0 spiro atoms. The molecule has 0 aliphatic rings. The summed E-state index contributed by atoms with van der Waals surface area (Å²) in [6.07, 6.45) is 0. The summed E-state index contributed by atoms with van der Waals surface area (Å²) in [7, 11) is 0. The third kappa shape index (κ3) is 6.01. The van der Waals surface area contributed by atoms with Crippen molar-refractivity contribution in [3.63, 3.8) is 0 Å². The van der Waals surface area contributed by atoms with Crippen LogP contribution in [0.25, 0.3) is 10.8 Å². The van der Waals surface area contributed by atoms with E-state index in [9.17, 15) is 14.4 Å². The van der Waals surface area contributed by atoms with Gasteiger partial charge in [0, 0.05) is 16.1 Å². The van der Waals surface area contributed by atoms with E-state index >= 15 is 0 Å². The number of hydrogen-bond donors (Lipinski definition) is 3. The number of carboxylic acids is 1. The molecule has 8 heteroatoms. The van der Waals surface area contributed by atoms with Crippen LogP contribution in [0.3, 0.4) is 0 Å². The van der Waals surface area contributed by atoms with Gasteiger partial charge in [-0.25, -0.2) is 4.79 Å². The van der Waals surface area contributed by atoms with Crippen LogP contribution in [0, 0.1) is 0 Å². The number of fused-ring (bicyclic) bond motifs is 1. The summed E-state index contributed by atoms with van der Waals surface area (Å²) in [6, 6.07) is 24.7. The number of carbonyl (C=O) groups is 3. The molecule has 0 aliphatic carbocycles. The normalized spacial score (nSPS) is 11.6. The van der Waals surface area contributed by atoms with Crippen molar-refractivity contribution in [3.05, 3.63) is 101 Å². The van der Waals surface area contributed by atoms with Gasteiger partial charge in [0.25, 0.3) is 5.91 Å². The van der Waals surface area contributed by atoms with Crippen molar-refractivity contribution in [1.29, 1.82) is 0 Å². The van der Waals surface area contributed by atoms with Gasteiger partial charge in [-0.05, 0) is 72.3 Å². The van der Waals surface area contributed by atoms with Gasteiger partial charge in [-0.15, -0.1) is 11.8 Å². The minimum atomic E-state index is -1.10. The number of anilines is 2. The van der Waals surface area contributed by atoms with Crippen molar-refractivity contribution in [2.45, 2.75) is 17.1 Å². The lowest BCUT2D eigenvalue weighted by atomic mass is 10.1. The molecule has 1 unspecified atom stereocenters. The number of aromatic carboxylic acids is 1. The Balaban J connectivity index is 1.37. The summed E-state index contributed by atoms with van der Waals surface area (Å²) in [6.45, 7) is 1.74. The molecular weight excluding hydrogens is 484 g/mol. The van der Waals surface area contributed by atoms with Gasteiger partial charge in [-0.3, -0.25) is 9.59 Å². The van der Waals surface area contributed by atoms with Crippen molar-refractivity contribution >= 4 is 63.3 Å². The molecule has 176 valence electrons. The predicted molar refractivity (Wildman–Crippen MR) is 141 cm³/mol. The molecule has 0 radical (unpaired) electrons. The van der Waals surface area contributed by atoms with E-state index in [1.165, 1.54) is 30.0 Å². The zero-order chi connectivity index (χ0) is 24.9. The zero-order valence-electron chi connectivity index (χ0n) is 18.6. The van der Waals surface area contributed by atoms with E-state index in [1.54, 1.807) is 25.1 Å². The fourth-order valence-electron chi connectivity index (χ4n) is 3.40. The Kier molecular flexibility index (Phi) is 7.39. The van der Waals surface area contributed by atoms with Gasteiger partial charge >= 0.3 is 5.97 Å². The number of nitrogens with one attached hydrogen (secondary N) is 2. The first kappa shape index (κ1) is 24.3. The second-order valence-corrected chi connectivity index (χ2v) is 9.61. The van der Waals surface area contributed by atoms with E-state index in [0.29, 0.717) is 11.3 Å². The highest BCUT2D eigenvalue weighted by Crippen LogP contribution is 2.28. The molecule has 3 N–H and O–H groups in total. The topological polar surface area (TPSA) is 95.5 Å². The first-order valence-corrected chi connectivity index (χ1v) is 12.0. The van der Waals surface area contributed by atoms with Crippen LogP contribution in [-0.2, 0) is 4.79 Å². The van der Waals surface area contributed by atoms with Gasteiger partial charge in [0.15, 0.2) is 0 Å². The van der Waals surface area contributed by atoms with Crippen molar-refractivity contribution in [2.24, 2.45) is 0 Å². The lowest BCUT2D eigenvalue weighted by molar-refractivity contribution is -0.115. The standard InChI is InChI=1S/C27H21ClN2O4S/c1-16(25(31)30-24-15-20(27(33)34)8-13-23(24)28)35-22-11-9-21(10-12-22)29-26(32)19-7-6-17-4-2-3-5-18(17)14-19/h2-16H,1H3,(H,29,32)(H,30,31)(H,33,34). The summed E-state index contributed by atoms with van der Waals surface area (Å²) < 4.78 is 0. The largest absolute Gasteiger partial charge is 0.478 e. The third-order valence-corrected chi connectivity index (χ3v) is 6.72. The number of carbonyl (C=O) groups excluding carboxylic acids is 2. The Hall–Kier alpha value is -3.81. The molecule has 0 saturated heterocycles. The van der Waals surface area contributed by atoms with Crippen LogP contribution in [0.1, 0.15) is 27.6 Å². The Morgan fingerprint density at radius 1 is 0.829 bits per heavy atom. The summed E-state index contributed by atoms with van der Waals surface area (Å²) in [5, 5.41) is 16.6. The Labute approximate surface area is 211 Å². The van der Waals surface area contributed by atoms with Crippen molar-refractivity contribution < 1.29 is 19.5 Å². The molecule has 35 heavy (non-hydrogen) atoms. The summed E-state index contributed by atoms with van der Waals surface area (Å²) in [5.41, 5.74) is 1.49. The highest BCUT2D eigenvalue weighted by atomic mass is 35.5. The van der Waals surface area contributed by atoms with Gasteiger partial charge in [0.1, 0.15) is 0 Å². The molecule has 0 aromatic heterocycles. The average molecular weight is 505 g/mol. The molecule has 0 saturated carbocycles. The molecule has 4 aromatic rings. The number of benzene rings is 4. The number of carboxylic acid groups (broad SMARTS) is 1. The smallest absolute Gasteiger partial charge is 0.335 e. The van der Waals surface area contributed by atoms with Gasteiger partial charge in [-0.1, -0.05) is 41.9 Å². The SMILES string of the molecule is CC(Sc1ccc(NC(=O)c2ccc3ccccc3c2)cc1)C(=O)Nc1cc(C(=O)O)ccc1Cl. The van der Waals surface area contributed by atoms with Crippen LogP contribution < -0.4 is 10.6 Å². The molecule has 6 nitrogen and oxygen atoms in total. The summed E-state index contributed by atoms with van der Waals surface area (Å²) >= 11 is 7.42. The van der Waals surface area contributed by atoms with Crippen LogP contribution in [0.2, 0.25) is 5.02 Å². The van der Waals surface area contributed by atoms with E-state index in [2.05, 4.69) is 10.6 Å². The van der Waals surface area contributed by atoms with Crippen LogP contribution in [-0.4, -0.2) is 28.1 Å². The Morgan fingerprint density at radius 2 is 1.51 bits per heavy atom. The van der Waals surface area contributed by atoms with Crippen LogP contribution in [0.4, 0.5) is 11.4 Å². The maximum absolute atomic E-state index is 12.7. The molecule has 2 amide bonds. The number of halogens is 1. The fraction of sp³-hybridized carbons (Fsp3) is 0.0741. The molecule has 0 heterocycles. The van der Waals surface area contributed by atoms with E-state index in [1.807, 2.05) is 48.5 Å². The number of amides is 2. The average Bonchev–Trinajstić information content (AvgIpc) is 2.86. The molecule has 0 bridgehead atoms. The molecule has 4 aromatic carbocycles. The predicted octanol–water partition coefficient (Wildman–Crippen LogP) is 6.56. The van der Waals surface area contributed by atoms with Gasteiger partial charge in [-0.2, -0.15) is 0 Å². The highest BCUT2D eigenvalue weighted by molar-refractivity contribution is 8.00. The van der Waals surface area contributed by atoms with Gasteiger partial charge < -0.3 is 15.7 Å². The third-order valence-electron chi connectivity index (χ3n) is 5.28. The van der Waals surface area contributed by atoms with Gasteiger partial charge in [0.2, 0.25) is 5.91 Å². The van der Waals surface area contributed by atoms with Crippen molar-refractivity contribution in [1.82, 2.24) is 0 Å². The van der Waals surface area contributed by atoms with E-state index < -0.39 is 11.2 Å². The quantitative estimate of drug-likeness (QED) is 0.248. The van der Waals surface area contributed by atoms with E-state index in [0.717, 1.165) is 15.7 Å². The van der Waals surface area contributed by atoms with Gasteiger partial charge in [0.05, 0.1) is 21.5 Å². The summed E-state index contributed by atoms with van der Waals surface area (Å²) in [5.74, 6) is -1.62. The molecular formula is C27H21ClN2O4S. The van der Waals surface area contributed by atoms with Crippen LogP contribution in [0.15, 0.2) is 89.8 Å². The lowest BCUT2D eigenvalue weighted by Crippen LogP contribution is -2.22. The molecule has 0 fully saturated rings. The van der Waals surface area contributed by atoms with Crippen LogP contribution in [0.5, 0.6) is 0 Å². The second kappa shape index (κ2) is 10.6. The van der Waals surface area contributed by atoms with E-state index in [-0.39, 0.29) is 28.1 Å². The van der Waals surface area contributed by atoms with Crippen LogP contribution >= 0.6 is 23.4 Å².